The predicted octanol–water partition coefficient (Wildman–Crippen LogP) is 0.449. The molecule has 2 aromatic rings. The second-order valence-corrected chi connectivity index (χ2v) is 2.71. The van der Waals surface area contributed by atoms with Crippen LogP contribution in [0.1, 0.15) is 10.4 Å². The van der Waals surface area contributed by atoms with E-state index < -0.39 is 5.97 Å². The van der Waals surface area contributed by atoms with E-state index in [2.05, 4.69) is 19.8 Å². The SMILES string of the molecule is COC(=O)c1cnc(-n2cccn2)nc1. The lowest BCUT2D eigenvalue weighted by Crippen LogP contribution is -2.06. The van der Waals surface area contributed by atoms with Crippen molar-refractivity contribution in [1.82, 2.24) is 19.7 Å². The molecule has 0 radical (unpaired) electrons. The Kier molecular flexibility index (Phi) is 2.40. The molecular weight excluding hydrogens is 196 g/mol. The highest BCUT2D eigenvalue weighted by molar-refractivity contribution is 5.88. The van der Waals surface area contributed by atoms with E-state index in [0.717, 1.165) is 0 Å². The van der Waals surface area contributed by atoms with Crippen LogP contribution in [0.25, 0.3) is 5.95 Å². The third kappa shape index (κ3) is 1.83. The molecule has 2 rings (SSSR count). The summed E-state index contributed by atoms with van der Waals surface area (Å²) in [4.78, 5) is 19.0. The fourth-order valence-corrected chi connectivity index (χ4v) is 1.05. The van der Waals surface area contributed by atoms with E-state index in [-0.39, 0.29) is 0 Å². The van der Waals surface area contributed by atoms with Gasteiger partial charge in [0.1, 0.15) is 0 Å². The van der Waals surface area contributed by atoms with Crippen LogP contribution in [0.4, 0.5) is 0 Å². The number of carbonyl (C=O) groups is 1. The Morgan fingerprint density at radius 1 is 1.40 bits per heavy atom. The summed E-state index contributed by atoms with van der Waals surface area (Å²) >= 11 is 0. The number of nitrogens with zero attached hydrogens (tertiary/aromatic N) is 4. The van der Waals surface area contributed by atoms with E-state index >= 15 is 0 Å². The molecular formula is C9H8N4O2. The van der Waals surface area contributed by atoms with Crippen molar-refractivity contribution in [2.75, 3.05) is 7.11 Å². The minimum absolute atomic E-state index is 0.313. The van der Waals surface area contributed by atoms with Crippen LogP contribution in [0.15, 0.2) is 30.9 Å². The first-order valence-electron chi connectivity index (χ1n) is 4.21. The lowest BCUT2D eigenvalue weighted by atomic mass is 10.3. The van der Waals surface area contributed by atoms with Gasteiger partial charge >= 0.3 is 5.97 Å². The Morgan fingerprint density at radius 2 is 2.13 bits per heavy atom. The lowest BCUT2D eigenvalue weighted by molar-refractivity contribution is 0.0599. The largest absolute Gasteiger partial charge is 0.465 e. The summed E-state index contributed by atoms with van der Waals surface area (Å²) < 4.78 is 6.03. The van der Waals surface area contributed by atoms with Crippen molar-refractivity contribution in [2.45, 2.75) is 0 Å². The molecule has 0 unspecified atom stereocenters. The van der Waals surface area contributed by atoms with E-state index in [1.807, 2.05) is 0 Å². The van der Waals surface area contributed by atoms with Crippen molar-refractivity contribution in [2.24, 2.45) is 0 Å². The second-order valence-electron chi connectivity index (χ2n) is 2.71. The number of hydrogen-bond donors (Lipinski definition) is 0. The molecule has 76 valence electrons. The van der Waals surface area contributed by atoms with Crippen LogP contribution in [-0.2, 0) is 4.74 Å². The quantitative estimate of drug-likeness (QED) is 0.664. The van der Waals surface area contributed by atoms with Crippen molar-refractivity contribution in [3.8, 4) is 5.95 Å². The number of carbonyl (C=O) groups excluding carboxylic acids is 1. The molecule has 2 aromatic heterocycles. The zero-order valence-corrected chi connectivity index (χ0v) is 7.99. The highest BCUT2D eigenvalue weighted by Gasteiger charge is 2.07. The van der Waals surface area contributed by atoms with Gasteiger partial charge in [-0.2, -0.15) is 5.10 Å². The highest BCUT2D eigenvalue weighted by atomic mass is 16.5. The summed E-state index contributed by atoms with van der Waals surface area (Å²) in [6, 6.07) is 1.76. The molecule has 0 spiro atoms. The standard InChI is InChI=1S/C9H8N4O2/c1-15-8(14)7-5-10-9(11-6-7)13-4-2-3-12-13/h2-6H,1H3. The average molecular weight is 204 g/mol. The van der Waals surface area contributed by atoms with E-state index in [1.165, 1.54) is 24.2 Å². The first-order chi connectivity index (χ1) is 7.31. The minimum Gasteiger partial charge on any atom is -0.465 e. The van der Waals surface area contributed by atoms with Gasteiger partial charge in [0.15, 0.2) is 0 Å². The van der Waals surface area contributed by atoms with Gasteiger partial charge < -0.3 is 4.74 Å². The van der Waals surface area contributed by atoms with E-state index in [0.29, 0.717) is 11.5 Å². The molecule has 6 heteroatoms. The predicted molar refractivity (Wildman–Crippen MR) is 50.5 cm³/mol. The van der Waals surface area contributed by atoms with Crippen LogP contribution >= 0.6 is 0 Å². The van der Waals surface area contributed by atoms with Crippen LogP contribution < -0.4 is 0 Å². The van der Waals surface area contributed by atoms with Gasteiger partial charge in [-0.15, -0.1) is 0 Å². The van der Waals surface area contributed by atoms with Crippen LogP contribution in [0.2, 0.25) is 0 Å². The fraction of sp³-hybridized carbons (Fsp3) is 0.111. The summed E-state index contributed by atoms with van der Waals surface area (Å²) in [5, 5.41) is 3.96. The van der Waals surface area contributed by atoms with Crippen LogP contribution in [0.5, 0.6) is 0 Å². The van der Waals surface area contributed by atoms with Crippen LogP contribution in [0, 0.1) is 0 Å². The van der Waals surface area contributed by atoms with E-state index in [9.17, 15) is 4.79 Å². The second kappa shape index (κ2) is 3.87. The average Bonchev–Trinajstić information content (AvgIpc) is 2.82. The van der Waals surface area contributed by atoms with E-state index in [4.69, 9.17) is 0 Å². The Balaban J connectivity index is 2.29. The van der Waals surface area contributed by atoms with Crippen molar-refractivity contribution in [3.63, 3.8) is 0 Å². The van der Waals surface area contributed by atoms with Crippen molar-refractivity contribution < 1.29 is 9.53 Å². The van der Waals surface area contributed by atoms with Gasteiger partial charge in [-0.05, 0) is 6.07 Å². The number of methoxy groups -OCH3 is 1. The first-order valence-corrected chi connectivity index (χ1v) is 4.21. The Bertz CT molecular complexity index is 449. The molecule has 0 saturated carbocycles. The molecule has 0 amide bonds. The molecule has 15 heavy (non-hydrogen) atoms. The van der Waals surface area contributed by atoms with Gasteiger partial charge in [0, 0.05) is 24.8 Å². The van der Waals surface area contributed by atoms with Crippen LogP contribution in [-0.4, -0.2) is 32.8 Å². The number of ether oxygens (including phenoxy) is 1. The Morgan fingerprint density at radius 3 is 2.67 bits per heavy atom. The normalized spacial score (nSPS) is 9.93. The van der Waals surface area contributed by atoms with Gasteiger partial charge in [0.25, 0.3) is 0 Å². The minimum atomic E-state index is -0.456. The smallest absolute Gasteiger partial charge is 0.341 e. The monoisotopic (exact) mass is 204 g/mol. The van der Waals surface area contributed by atoms with Crippen molar-refractivity contribution >= 4 is 5.97 Å². The number of hydrogen-bond acceptors (Lipinski definition) is 5. The highest BCUT2D eigenvalue weighted by Crippen LogP contribution is 2.01. The molecule has 0 fully saturated rings. The molecule has 0 saturated heterocycles. The van der Waals surface area contributed by atoms with Gasteiger partial charge in [-0.3, -0.25) is 0 Å². The molecule has 0 aliphatic rings. The molecule has 2 heterocycles. The summed E-state index contributed by atoms with van der Waals surface area (Å²) in [5.41, 5.74) is 0.313. The van der Waals surface area contributed by atoms with E-state index in [1.54, 1.807) is 18.5 Å². The third-order valence-electron chi connectivity index (χ3n) is 1.77. The van der Waals surface area contributed by atoms with Gasteiger partial charge in [0.2, 0.25) is 5.95 Å². The van der Waals surface area contributed by atoms with Crippen molar-refractivity contribution in [3.05, 3.63) is 36.4 Å². The zero-order valence-electron chi connectivity index (χ0n) is 7.99. The van der Waals surface area contributed by atoms with Crippen molar-refractivity contribution in [1.29, 1.82) is 0 Å². The fourth-order valence-electron chi connectivity index (χ4n) is 1.05. The van der Waals surface area contributed by atoms with Gasteiger partial charge in [-0.25, -0.2) is 19.4 Å². The maximum Gasteiger partial charge on any atom is 0.341 e. The van der Waals surface area contributed by atoms with Gasteiger partial charge in [-0.1, -0.05) is 0 Å². The topological polar surface area (TPSA) is 69.9 Å². The maximum absolute atomic E-state index is 11.1. The first kappa shape index (κ1) is 9.32. The third-order valence-corrected chi connectivity index (χ3v) is 1.77. The summed E-state index contributed by atoms with van der Waals surface area (Å²) in [6.07, 6.45) is 6.14. The number of rotatable bonds is 2. The Hall–Kier alpha value is -2.24. The molecule has 6 nitrogen and oxygen atoms in total. The summed E-state index contributed by atoms with van der Waals surface area (Å²) in [5.74, 6) is -0.0466. The van der Waals surface area contributed by atoms with Gasteiger partial charge in [0.05, 0.1) is 12.7 Å². The maximum atomic E-state index is 11.1. The Labute approximate surface area is 85.5 Å². The molecule has 0 atom stereocenters. The lowest BCUT2D eigenvalue weighted by Gasteiger charge is -2.00. The molecule has 0 aromatic carbocycles. The summed E-state index contributed by atoms with van der Waals surface area (Å²) in [6.45, 7) is 0. The molecule has 0 aliphatic carbocycles. The number of aromatic nitrogens is 4. The molecule has 0 aliphatic heterocycles. The zero-order chi connectivity index (χ0) is 10.7. The molecule has 0 N–H and O–H groups in total. The number of esters is 1. The summed E-state index contributed by atoms with van der Waals surface area (Å²) in [7, 11) is 1.31. The van der Waals surface area contributed by atoms with Crippen LogP contribution in [0.3, 0.4) is 0 Å². The molecule has 0 bridgehead atoms.